The van der Waals surface area contributed by atoms with Crippen LogP contribution in [0.3, 0.4) is 0 Å². The number of carbonyl (C=O) groups excluding carboxylic acids is 1. The molecule has 0 unspecified atom stereocenters. The van der Waals surface area contributed by atoms with Crippen LogP contribution >= 0.6 is 0 Å². The zero-order valence-electron chi connectivity index (χ0n) is 18.3. The van der Waals surface area contributed by atoms with Crippen molar-refractivity contribution < 1.29 is 34.4 Å². The average molecular weight is 653 g/mol. The van der Waals surface area contributed by atoms with Crippen LogP contribution in [0, 0.1) is 6.07 Å². The van der Waals surface area contributed by atoms with Gasteiger partial charge in [-0.2, -0.15) is 0 Å². The molecule has 4 nitrogen and oxygen atoms in total. The topological polar surface area (TPSA) is 63.3 Å². The molecule has 0 amide bonds. The molecule has 31 heavy (non-hydrogen) atoms. The monoisotopic (exact) mass is 655 g/mol. The number of hydrogen-bond acceptors (Lipinski definition) is 4. The first kappa shape index (κ1) is 25.1. The number of aliphatic hydroxyl groups excluding tert-OH is 1. The second-order valence-corrected chi connectivity index (χ2v) is 18.8. The van der Waals surface area contributed by atoms with Crippen molar-refractivity contribution in [1.82, 2.24) is 4.98 Å². The first-order valence-corrected chi connectivity index (χ1v) is 17.2. The van der Waals surface area contributed by atoms with Crippen molar-refractivity contribution in [2.45, 2.75) is 31.1 Å². The Kier molecular flexibility index (Phi) is 8.41. The summed E-state index contributed by atoms with van der Waals surface area (Å²) < 4.78 is 7.67. The summed E-state index contributed by atoms with van der Waals surface area (Å²) in [6.45, 7) is 2.85. The molecule has 0 saturated heterocycles. The average Bonchev–Trinajstić information content (AvgIpc) is 3.06. The number of ketones is 1. The number of pyridine rings is 1. The standard InChI is InChI=1S/C20H18GeNO.C5H8O2.Ir/c1-21(2,3)16-11-7-10-15-18-17(23-20(15)16)12-13-22-19(18)14-8-5-4-6-9-14;1-4(6)3-5(2)7;/h4-8,10-13H,1-3H3;3,6H,1-2H3;/q-1;;/b;4-3-;. The van der Waals surface area contributed by atoms with Gasteiger partial charge in [0.25, 0.3) is 0 Å². The minimum absolute atomic E-state index is 0. The molecule has 0 fully saturated rings. The normalized spacial score (nSPS) is 11.6. The molecule has 6 heteroatoms. The molecule has 0 aliphatic rings. The molecule has 0 spiro atoms. The molecule has 0 saturated carbocycles. The number of furan rings is 1. The van der Waals surface area contributed by atoms with Crippen molar-refractivity contribution in [2.75, 3.05) is 0 Å². The Morgan fingerprint density at radius 2 is 1.84 bits per heavy atom. The molecule has 2 aromatic carbocycles. The Bertz CT molecular complexity index is 1220. The van der Waals surface area contributed by atoms with E-state index >= 15 is 0 Å². The van der Waals surface area contributed by atoms with Crippen LogP contribution in [0.5, 0.6) is 0 Å². The number of nitrogens with zero attached hydrogens (tertiary/aromatic N) is 1. The van der Waals surface area contributed by atoms with E-state index in [1.54, 1.807) is 0 Å². The molecule has 4 aromatic rings. The second kappa shape index (κ2) is 10.4. The van der Waals surface area contributed by atoms with Crippen LogP contribution in [0.25, 0.3) is 33.2 Å². The number of fused-ring (bicyclic) bond motifs is 3. The molecular formula is C25H26GeIrNO3-. The van der Waals surface area contributed by atoms with Crippen molar-refractivity contribution >= 4 is 45.4 Å². The van der Waals surface area contributed by atoms with Gasteiger partial charge in [0.2, 0.25) is 0 Å². The Labute approximate surface area is 199 Å². The number of benzene rings is 2. The molecule has 1 N–H and O–H groups in total. The molecule has 0 aliphatic heterocycles. The number of carbonyl (C=O) groups is 1. The second-order valence-electron chi connectivity index (χ2n) is 8.24. The summed E-state index contributed by atoms with van der Waals surface area (Å²) in [5, 5.41) is 10.6. The minimum atomic E-state index is -2.01. The van der Waals surface area contributed by atoms with Gasteiger partial charge >= 0.3 is 138 Å². The van der Waals surface area contributed by atoms with Gasteiger partial charge in [-0.1, -0.05) is 0 Å². The zero-order valence-corrected chi connectivity index (χ0v) is 22.8. The van der Waals surface area contributed by atoms with Gasteiger partial charge in [-0.15, -0.1) is 0 Å². The van der Waals surface area contributed by atoms with Gasteiger partial charge in [-0.3, -0.25) is 4.79 Å². The summed E-state index contributed by atoms with van der Waals surface area (Å²) >= 11 is -2.01. The maximum atomic E-state index is 10.0. The van der Waals surface area contributed by atoms with Gasteiger partial charge < -0.3 is 5.11 Å². The molecule has 163 valence electrons. The van der Waals surface area contributed by atoms with E-state index in [-0.39, 0.29) is 31.6 Å². The van der Waals surface area contributed by atoms with Gasteiger partial charge in [0.15, 0.2) is 5.78 Å². The first-order chi connectivity index (χ1) is 14.2. The number of aliphatic hydroxyl groups is 1. The van der Waals surface area contributed by atoms with Gasteiger partial charge in [0.1, 0.15) is 0 Å². The van der Waals surface area contributed by atoms with Gasteiger partial charge in [0, 0.05) is 26.2 Å². The van der Waals surface area contributed by atoms with Crippen molar-refractivity contribution in [1.29, 1.82) is 0 Å². The molecule has 4 rings (SSSR count). The zero-order chi connectivity index (χ0) is 21.9. The molecule has 1 radical (unpaired) electrons. The Hall–Kier alpha value is -2.21. The summed E-state index contributed by atoms with van der Waals surface area (Å²) in [4.78, 5) is 14.6. The Balaban J connectivity index is 0.000000373. The number of allylic oxidation sites excluding steroid dienone is 2. The summed E-state index contributed by atoms with van der Waals surface area (Å²) in [5.41, 5.74) is 3.89. The van der Waals surface area contributed by atoms with Gasteiger partial charge in [-0.05, 0) is 13.8 Å². The third-order valence-electron chi connectivity index (χ3n) is 4.59. The molecule has 0 aliphatic carbocycles. The van der Waals surface area contributed by atoms with Crippen molar-refractivity contribution in [3.05, 3.63) is 72.6 Å². The summed E-state index contributed by atoms with van der Waals surface area (Å²) in [7, 11) is 0. The van der Waals surface area contributed by atoms with Crippen molar-refractivity contribution in [2.24, 2.45) is 0 Å². The Morgan fingerprint density at radius 3 is 2.39 bits per heavy atom. The van der Waals surface area contributed by atoms with Crippen LogP contribution in [0.1, 0.15) is 13.8 Å². The fraction of sp³-hybridized carbons (Fsp3) is 0.200. The van der Waals surface area contributed by atoms with Crippen LogP contribution in [0.2, 0.25) is 17.3 Å². The molecule has 2 heterocycles. The van der Waals surface area contributed by atoms with Crippen LogP contribution in [-0.2, 0) is 24.9 Å². The number of hydrogen-bond donors (Lipinski definition) is 1. The number of para-hydroxylation sites is 1. The van der Waals surface area contributed by atoms with Crippen molar-refractivity contribution in [3.8, 4) is 11.3 Å². The number of rotatable bonds is 3. The maximum Gasteiger partial charge on any atom is 0 e. The van der Waals surface area contributed by atoms with Gasteiger partial charge in [-0.25, -0.2) is 0 Å². The molecule has 0 atom stereocenters. The summed E-state index contributed by atoms with van der Waals surface area (Å²) in [6, 6.07) is 19.7. The van der Waals surface area contributed by atoms with E-state index in [9.17, 15) is 4.79 Å². The van der Waals surface area contributed by atoms with E-state index < -0.39 is 13.3 Å². The maximum absolute atomic E-state index is 10.0. The fourth-order valence-electron chi connectivity index (χ4n) is 3.37. The molecule has 2 aromatic heterocycles. The van der Waals surface area contributed by atoms with Crippen LogP contribution in [0.15, 0.2) is 71.0 Å². The molecule has 0 bridgehead atoms. The first-order valence-electron chi connectivity index (χ1n) is 9.84. The van der Waals surface area contributed by atoms with Crippen LogP contribution < -0.4 is 4.40 Å². The quantitative estimate of drug-likeness (QED) is 0.127. The summed E-state index contributed by atoms with van der Waals surface area (Å²) in [5.74, 6) is 7.12. The SMILES string of the molecule is CC(=O)/C=C(/C)O.[CH3][Ge]([CH3])([CH3])[c]1cccc2c1oc1ccnc(-c3[c-]cccc3)c12.[Ir]. The third kappa shape index (κ3) is 5.94. The van der Waals surface area contributed by atoms with E-state index in [0.717, 1.165) is 27.8 Å². The predicted octanol–water partition coefficient (Wildman–Crippen LogP) is 6.03. The van der Waals surface area contributed by atoms with E-state index in [1.165, 1.54) is 29.7 Å². The van der Waals surface area contributed by atoms with E-state index in [2.05, 4.69) is 46.5 Å². The number of aromatic nitrogens is 1. The van der Waals surface area contributed by atoms with Crippen LogP contribution in [0.4, 0.5) is 0 Å². The van der Waals surface area contributed by atoms with E-state index in [4.69, 9.17) is 9.52 Å². The van der Waals surface area contributed by atoms with Gasteiger partial charge in [0.05, 0.1) is 5.76 Å². The Morgan fingerprint density at radius 1 is 1.10 bits per heavy atom. The summed E-state index contributed by atoms with van der Waals surface area (Å²) in [6.07, 6.45) is 2.99. The van der Waals surface area contributed by atoms with Crippen molar-refractivity contribution in [3.63, 3.8) is 0 Å². The van der Waals surface area contributed by atoms with Crippen LogP contribution in [-0.4, -0.2) is 29.1 Å². The third-order valence-corrected chi connectivity index (χ3v) is 8.81. The largest absolute Gasteiger partial charge is 0 e. The predicted molar refractivity (Wildman–Crippen MR) is 126 cm³/mol. The smallest absolute Gasteiger partial charge is 0 e. The minimum Gasteiger partial charge on any atom is 0 e. The fourth-order valence-corrected chi connectivity index (χ4v) is 6.44. The van der Waals surface area contributed by atoms with E-state index in [1.807, 2.05) is 36.5 Å². The van der Waals surface area contributed by atoms with E-state index in [0.29, 0.717) is 0 Å². The molecular weight excluding hydrogens is 627 g/mol.